The van der Waals surface area contributed by atoms with Crippen LogP contribution in [0.5, 0.6) is 0 Å². The summed E-state index contributed by atoms with van der Waals surface area (Å²) in [5, 5.41) is 4.41. The van der Waals surface area contributed by atoms with Gasteiger partial charge in [-0.25, -0.2) is 0 Å². The summed E-state index contributed by atoms with van der Waals surface area (Å²) in [4.78, 5) is 36.1. The van der Waals surface area contributed by atoms with E-state index >= 15 is 0 Å². The molecule has 0 bridgehead atoms. The van der Waals surface area contributed by atoms with E-state index < -0.39 is 0 Å². The molecule has 49 heavy (non-hydrogen) atoms. The molecular weight excluding hydrogens is 641 g/mol. The van der Waals surface area contributed by atoms with Crippen molar-refractivity contribution < 1.29 is 9.59 Å². The summed E-state index contributed by atoms with van der Waals surface area (Å²) < 4.78 is 0. The van der Waals surface area contributed by atoms with E-state index in [1.165, 1.54) is 20.9 Å². The lowest BCUT2D eigenvalue weighted by atomic mass is 9.95. The molecule has 2 aromatic carbocycles. The Labute approximate surface area is 301 Å². The summed E-state index contributed by atoms with van der Waals surface area (Å²) in [6.07, 6.45) is 9.82. The van der Waals surface area contributed by atoms with Gasteiger partial charge in [0.2, 0.25) is 0 Å². The Morgan fingerprint density at radius 2 is 1.12 bits per heavy atom. The number of unbranched alkanes of at least 4 members (excludes halogenated alkanes) is 2. The lowest BCUT2D eigenvalue weighted by Crippen LogP contribution is -2.34. The smallest absolute Gasteiger partial charge is 0.259 e. The van der Waals surface area contributed by atoms with Crippen molar-refractivity contribution in [1.82, 2.24) is 0 Å². The lowest BCUT2D eigenvalue weighted by Gasteiger charge is -2.24. The first-order valence-electron chi connectivity index (χ1n) is 18.6. The molecule has 6 heteroatoms. The van der Waals surface area contributed by atoms with E-state index in [0.29, 0.717) is 36.1 Å². The first-order chi connectivity index (χ1) is 23.8. The van der Waals surface area contributed by atoms with Crippen LogP contribution in [0.4, 0.5) is 11.4 Å². The fourth-order valence-electron chi connectivity index (χ4n) is 7.45. The number of nitrogens with zero attached hydrogens (tertiary/aromatic N) is 2. The van der Waals surface area contributed by atoms with Crippen LogP contribution in [0, 0.1) is 18.8 Å². The minimum Gasteiger partial charge on any atom is -0.307 e. The number of benzene rings is 2. The number of anilines is 2. The molecule has 0 fully saturated rings. The van der Waals surface area contributed by atoms with Gasteiger partial charge in [0.1, 0.15) is 0 Å². The molecule has 2 aromatic heterocycles. The molecule has 2 unspecified atom stereocenters. The molecule has 4 aromatic rings. The Kier molecular flexibility index (Phi) is 11.3. The molecule has 4 heterocycles. The number of hydrogen-bond donors (Lipinski definition) is 0. The molecule has 2 atom stereocenters. The molecule has 4 nitrogen and oxygen atoms in total. The molecular formula is C43H52N2O2S2. The highest BCUT2D eigenvalue weighted by atomic mass is 32.1. The number of carbonyl (C=O) groups is 2. The summed E-state index contributed by atoms with van der Waals surface area (Å²) in [6, 6.07) is 17.4. The number of aryl methyl sites for hydroxylation is 2. The average molecular weight is 693 g/mol. The molecule has 2 amide bonds. The number of carbonyl (C=O) groups excluding carboxylic acids is 2. The Morgan fingerprint density at radius 1 is 0.633 bits per heavy atom. The van der Waals surface area contributed by atoms with Gasteiger partial charge < -0.3 is 9.80 Å². The van der Waals surface area contributed by atoms with E-state index in [4.69, 9.17) is 0 Å². The molecule has 2 aliphatic rings. The lowest BCUT2D eigenvalue weighted by molar-refractivity contribution is -0.114. The van der Waals surface area contributed by atoms with Gasteiger partial charge in [0, 0.05) is 34.0 Å². The number of amides is 2. The Hall–Kier alpha value is -3.48. The van der Waals surface area contributed by atoms with Crippen molar-refractivity contribution in [2.45, 2.75) is 99.3 Å². The average Bonchev–Trinajstić information content (AvgIpc) is 3.89. The van der Waals surface area contributed by atoms with Gasteiger partial charge in [-0.1, -0.05) is 97.4 Å². The molecule has 0 saturated carbocycles. The van der Waals surface area contributed by atoms with Gasteiger partial charge in [0.15, 0.2) is 0 Å². The maximum absolute atomic E-state index is 14.8. The second-order valence-corrected chi connectivity index (χ2v) is 15.9. The summed E-state index contributed by atoms with van der Waals surface area (Å²) in [6.45, 7) is 14.6. The van der Waals surface area contributed by atoms with Crippen LogP contribution in [-0.4, -0.2) is 24.9 Å². The van der Waals surface area contributed by atoms with E-state index in [0.717, 1.165) is 91.4 Å². The third kappa shape index (κ3) is 7.09. The minimum absolute atomic E-state index is 0.0327. The van der Waals surface area contributed by atoms with Crippen molar-refractivity contribution in [3.05, 3.63) is 81.5 Å². The van der Waals surface area contributed by atoms with E-state index in [2.05, 4.69) is 101 Å². The van der Waals surface area contributed by atoms with Crippen molar-refractivity contribution in [2.75, 3.05) is 22.9 Å². The van der Waals surface area contributed by atoms with Gasteiger partial charge in [-0.15, -0.1) is 22.7 Å². The van der Waals surface area contributed by atoms with Crippen LogP contribution in [0.3, 0.4) is 0 Å². The first kappa shape index (κ1) is 35.3. The summed E-state index contributed by atoms with van der Waals surface area (Å²) in [5.74, 6) is 0.743. The minimum atomic E-state index is -0.0337. The fraction of sp³-hybridized carbons (Fsp3) is 0.442. The molecule has 258 valence electrons. The van der Waals surface area contributed by atoms with Crippen molar-refractivity contribution in [1.29, 1.82) is 0 Å². The van der Waals surface area contributed by atoms with Crippen LogP contribution in [0.25, 0.3) is 32.0 Å². The van der Waals surface area contributed by atoms with Gasteiger partial charge in [-0.3, -0.25) is 9.59 Å². The van der Waals surface area contributed by atoms with Gasteiger partial charge in [0.25, 0.3) is 11.8 Å². The maximum atomic E-state index is 14.8. The highest BCUT2D eigenvalue weighted by molar-refractivity contribution is 7.14. The van der Waals surface area contributed by atoms with E-state index in [1.807, 2.05) is 9.80 Å². The van der Waals surface area contributed by atoms with E-state index in [-0.39, 0.29) is 11.8 Å². The molecule has 6 rings (SSSR count). The largest absolute Gasteiger partial charge is 0.307 e. The second-order valence-electron chi connectivity index (χ2n) is 14.0. The zero-order chi connectivity index (χ0) is 34.7. The predicted molar refractivity (Wildman–Crippen MR) is 212 cm³/mol. The fourth-order valence-corrected chi connectivity index (χ4v) is 9.34. The van der Waals surface area contributed by atoms with Crippen molar-refractivity contribution in [3.63, 3.8) is 0 Å². The second kappa shape index (κ2) is 15.6. The topological polar surface area (TPSA) is 40.6 Å². The Balaban J connectivity index is 1.51. The monoisotopic (exact) mass is 692 g/mol. The molecule has 0 radical (unpaired) electrons. The van der Waals surface area contributed by atoms with E-state index in [9.17, 15) is 9.59 Å². The van der Waals surface area contributed by atoms with Gasteiger partial charge in [-0.2, -0.15) is 0 Å². The van der Waals surface area contributed by atoms with Crippen LogP contribution >= 0.6 is 22.7 Å². The molecule has 0 spiro atoms. The SMILES string of the molecule is CCCCC(CC)CN1C(=O)/C(=C2/C(=O)N(CC(CC)CCCC)c3cc(-c4cc(CC)cs4)ccc32)c2ccc(-c3cc(C)cs3)cc21. The number of thiophene rings is 2. The quantitative estimate of drug-likeness (QED) is 0.116. The van der Waals surface area contributed by atoms with Crippen molar-refractivity contribution in [3.8, 4) is 20.9 Å². The van der Waals surface area contributed by atoms with Gasteiger partial charge in [0.05, 0.1) is 22.5 Å². The molecule has 0 saturated heterocycles. The maximum Gasteiger partial charge on any atom is 0.259 e. The number of rotatable bonds is 15. The summed E-state index contributed by atoms with van der Waals surface area (Å²) in [5.41, 5.74) is 9.63. The van der Waals surface area contributed by atoms with Crippen LogP contribution in [0.15, 0.2) is 59.3 Å². The van der Waals surface area contributed by atoms with Gasteiger partial charge in [-0.05, 0) is 95.3 Å². The van der Waals surface area contributed by atoms with Crippen LogP contribution in [0.2, 0.25) is 0 Å². The molecule has 2 aliphatic heterocycles. The van der Waals surface area contributed by atoms with Crippen LogP contribution < -0.4 is 9.80 Å². The number of fused-ring (bicyclic) bond motifs is 2. The summed E-state index contributed by atoms with van der Waals surface area (Å²) in [7, 11) is 0. The summed E-state index contributed by atoms with van der Waals surface area (Å²) >= 11 is 3.50. The Bertz CT molecular complexity index is 1850. The van der Waals surface area contributed by atoms with Crippen molar-refractivity contribution in [2.24, 2.45) is 11.8 Å². The number of hydrogen-bond acceptors (Lipinski definition) is 4. The first-order valence-corrected chi connectivity index (χ1v) is 20.4. The normalized spacial score (nSPS) is 16.9. The van der Waals surface area contributed by atoms with E-state index in [1.54, 1.807) is 22.7 Å². The highest BCUT2D eigenvalue weighted by Gasteiger charge is 2.43. The molecule has 0 N–H and O–H groups in total. The van der Waals surface area contributed by atoms with Gasteiger partial charge >= 0.3 is 0 Å². The zero-order valence-electron chi connectivity index (χ0n) is 30.2. The third-order valence-corrected chi connectivity index (χ3v) is 12.7. The molecule has 0 aliphatic carbocycles. The third-order valence-electron chi connectivity index (χ3n) is 10.6. The van der Waals surface area contributed by atoms with Crippen LogP contribution in [-0.2, 0) is 16.0 Å². The van der Waals surface area contributed by atoms with Crippen molar-refractivity contribution >= 4 is 57.0 Å². The predicted octanol–water partition coefficient (Wildman–Crippen LogP) is 12.1. The zero-order valence-corrected chi connectivity index (χ0v) is 31.9. The highest BCUT2D eigenvalue weighted by Crippen LogP contribution is 2.49. The Morgan fingerprint density at radius 3 is 1.53 bits per heavy atom. The van der Waals surface area contributed by atoms with Crippen LogP contribution in [0.1, 0.15) is 108 Å². The standard InChI is InChI=1S/C43H52N2O2S2/c1-7-12-14-29(9-3)24-44-36-22-32(38-20-28(6)26-48-38)16-18-34(36)40(42(44)46)41-35-19-17-33(39-21-31(11-5)27-49-39)23-37(35)45(43(41)47)25-30(10-4)15-13-8-2/h16-23,26-27,29-30H,7-15,24-25H2,1-6H3/b41-40+.